The summed E-state index contributed by atoms with van der Waals surface area (Å²) in [5, 5.41) is 3.68. The molecule has 0 aliphatic heterocycles. The number of hydrogen-bond acceptors (Lipinski definition) is 4. The molecule has 0 bridgehead atoms. The van der Waals surface area contributed by atoms with Crippen molar-refractivity contribution >= 4 is 44.3 Å². The third-order valence-electron chi connectivity index (χ3n) is 4.64. The van der Waals surface area contributed by atoms with Crippen LogP contribution in [-0.2, 0) is 4.79 Å². The first kappa shape index (κ1) is 20.8. The van der Waals surface area contributed by atoms with Gasteiger partial charge in [0, 0.05) is 28.7 Å². The van der Waals surface area contributed by atoms with E-state index in [-0.39, 0.29) is 18.4 Å². The lowest BCUT2D eigenvalue weighted by Crippen LogP contribution is -2.35. The third kappa shape index (κ3) is 4.74. The summed E-state index contributed by atoms with van der Waals surface area (Å²) in [5.74, 6) is 0.193. The van der Waals surface area contributed by atoms with Crippen molar-refractivity contribution < 1.29 is 14.3 Å². The Kier molecular flexibility index (Phi) is 6.17. The predicted molar refractivity (Wildman–Crippen MR) is 118 cm³/mol. The molecule has 0 radical (unpaired) electrons. The first-order chi connectivity index (χ1) is 13.8. The average molecular weight is 456 g/mol. The lowest BCUT2D eigenvalue weighted by atomic mass is 10.1. The molecule has 3 aromatic rings. The summed E-state index contributed by atoms with van der Waals surface area (Å²) in [7, 11) is 3.20. The number of likely N-dealkylation sites (N-methyl/N-ethyl adjacent to an activating group) is 1. The summed E-state index contributed by atoms with van der Waals surface area (Å²) in [6.45, 7) is 3.63. The van der Waals surface area contributed by atoms with Crippen LogP contribution in [0.25, 0.3) is 10.9 Å². The van der Waals surface area contributed by atoms with Crippen molar-refractivity contribution in [2.24, 2.45) is 0 Å². The van der Waals surface area contributed by atoms with Crippen LogP contribution in [0.2, 0.25) is 0 Å². The smallest absolute Gasteiger partial charge is 0.255 e. The van der Waals surface area contributed by atoms with Gasteiger partial charge >= 0.3 is 0 Å². The Morgan fingerprint density at radius 3 is 2.59 bits per heavy atom. The molecule has 7 heteroatoms. The van der Waals surface area contributed by atoms with E-state index in [4.69, 9.17) is 4.74 Å². The lowest BCUT2D eigenvalue weighted by molar-refractivity contribution is -0.116. The Morgan fingerprint density at radius 1 is 1.14 bits per heavy atom. The van der Waals surface area contributed by atoms with Gasteiger partial charge in [0.1, 0.15) is 5.75 Å². The van der Waals surface area contributed by atoms with Crippen LogP contribution in [0.15, 0.2) is 46.9 Å². The quantitative estimate of drug-likeness (QED) is 0.621. The van der Waals surface area contributed by atoms with Crippen molar-refractivity contribution in [1.29, 1.82) is 0 Å². The number of carbonyl (C=O) groups is 2. The fourth-order valence-electron chi connectivity index (χ4n) is 3.04. The van der Waals surface area contributed by atoms with Gasteiger partial charge in [-0.05, 0) is 55.8 Å². The summed E-state index contributed by atoms with van der Waals surface area (Å²) in [5.41, 5.74) is 3.48. The van der Waals surface area contributed by atoms with Crippen molar-refractivity contribution in [3.8, 4) is 5.75 Å². The minimum absolute atomic E-state index is 0.0611. The van der Waals surface area contributed by atoms with Crippen LogP contribution < -0.4 is 10.1 Å². The molecular weight excluding hydrogens is 434 g/mol. The van der Waals surface area contributed by atoms with E-state index in [1.165, 1.54) is 4.90 Å². The number of fused-ring (bicyclic) bond motifs is 1. The second-order valence-corrected chi connectivity index (χ2v) is 7.76. The molecule has 0 atom stereocenters. The number of benzene rings is 2. The second-order valence-electron chi connectivity index (χ2n) is 6.85. The van der Waals surface area contributed by atoms with Gasteiger partial charge in [-0.3, -0.25) is 14.6 Å². The minimum Gasteiger partial charge on any atom is -0.497 e. The van der Waals surface area contributed by atoms with Gasteiger partial charge in [0.2, 0.25) is 5.91 Å². The minimum atomic E-state index is -0.262. The van der Waals surface area contributed by atoms with Gasteiger partial charge < -0.3 is 15.0 Å². The van der Waals surface area contributed by atoms with Crippen molar-refractivity contribution in [2.45, 2.75) is 13.8 Å². The van der Waals surface area contributed by atoms with Crippen LogP contribution in [0.5, 0.6) is 5.75 Å². The standard InChI is InChI=1S/C22H22BrN3O3/c1-13-9-16(23)6-8-19(13)25-21(27)12-26(3)22(28)18-10-15-5-7-17(29-4)11-20(15)24-14(18)2/h5-11H,12H2,1-4H3,(H,25,27). The summed E-state index contributed by atoms with van der Waals surface area (Å²) in [6, 6.07) is 12.9. The molecule has 0 unspecified atom stereocenters. The fraction of sp³-hybridized carbons (Fsp3) is 0.227. The number of methoxy groups -OCH3 is 1. The fourth-order valence-corrected chi connectivity index (χ4v) is 3.51. The number of aryl methyl sites for hydroxylation is 2. The van der Waals surface area contributed by atoms with E-state index in [9.17, 15) is 9.59 Å². The first-order valence-electron chi connectivity index (χ1n) is 9.05. The van der Waals surface area contributed by atoms with Gasteiger partial charge in [0.25, 0.3) is 5.91 Å². The second kappa shape index (κ2) is 8.61. The normalized spacial score (nSPS) is 10.7. The maximum Gasteiger partial charge on any atom is 0.255 e. The number of nitrogens with zero attached hydrogens (tertiary/aromatic N) is 2. The van der Waals surface area contributed by atoms with Crippen molar-refractivity contribution in [3.05, 3.63) is 63.8 Å². The highest BCUT2D eigenvalue weighted by Crippen LogP contribution is 2.23. The number of pyridine rings is 1. The maximum absolute atomic E-state index is 12.9. The maximum atomic E-state index is 12.9. The Bertz CT molecular complexity index is 1100. The molecule has 1 aromatic heterocycles. The van der Waals surface area contributed by atoms with E-state index in [2.05, 4.69) is 26.2 Å². The van der Waals surface area contributed by atoms with Crippen molar-refractivity contribution in [1.82, 2.24) is 9.88 Å². The van der Waals surface area contributed by atoms with Crippen LogP contribution >= 0.6 is 15.9 Å². The highest BCUT2D eigenvalue weighted by molar-refractivity contribution is 9.10. The molecular formula is C22H22BrN3O3. The monoisotopic (exact) mass is 455 g/mol. The van der Waals surface area contributed by atoms with E-state index < -0.39 is 0 Å². The Labute approximate surface area is 178 Å². The lowest BCUT2D eigenvalue weighted by Gasteiger charge is -2.18. The van der Waals surface area contributed by atoms with Crippen LogP contribution in [-0.4, -0.2) is 42.4 Å². The van der Waals surface area contributed by atoms with Gasteiger partial charge in [-0.25, -0.2) is 0 Å². The predicted octanol–water partition coefficient (Wildman–Crippen LogP) is 4.33. The molecule has 0 saturated carbocycles. The van der Waals surface area contributed by atoms with Gasteiger partial charge in [-0.1, -0.05) is 15.9 Å². The molecule has 150 valence electrons. The number of ether oxygens (including phenoxy) is 1. The average Bonchev–Trinajstić information content (AvgIpc) is 2.68. The molecule has 0 fully saturated rings. The van der Waals surface area contributed by atoms with Crippen LogP contribution in [0.4, 0.5) is 5.69 Å². The molecule has 1 N–H and O–H groups in total. The van der Waals surface area contributed by atoms with Crippen molar-refractivity contribution in [2.75, 3.05) is 26.0 Å². The number of carbonyl (C=O) groups excluding carboxylic acids is 2. The molecule has 3 rings (SSSR count). The molecule has 0 aliphatic carbocycles. The molecule has 0 aliphatic rings. The molecule has 2 amide bonds. The van der Waals surface area contributed by atoms with Gasteiger partial charge in [-0.2, -0.15) is 0 Å². The van der Waals surface area contributed by atoms with Crippen LogP contribution in [0.3, 0.4) is 0 Å². The largest absolute Gasteiger partial charge is 0.497 e. The number of aromatic nitrogens is 1. The Hall–Kier alpha value is -2.93. The SMILES string of the molecule is COc1ccc2cc(C(=O)N(C)CC(=O)Nc3ccc(Br)cc3C)c(C)nc2c1. The number of anilines is 1. The van der Waals surface area contributed by atoms with E-state index in [0.717, 1.165) is 26.6 Å². The van der Waals surface area contributed by atoms with E-state index in [0.29, 0.717) is 17.0 Å². The topological polar surface area (TPSA) is 71.5 Å². The summed E-state index contributed by atoms with van der Waals surface area (Å²) >= 11 is 3.40. The van der Waals surface area contributed by atoms with Crippen molar-refractivity contribution in [3.63, 3.8) is 0 Å². The Balaban J connectivity index is 1.75. The number of rotatable bonds is 5. The molecule has 1 heterocycles. The number of amides is 2. The van der Waals surface area contributed by atoms with Crippen LogP contribution in [0, 0.1) is 13.8 Å². The van der Waals surface area contributed by atoms with Gasteiger partial charge in [-0.15, -0.1) is 0 Å². The van der Waals surface area contributed by atoms with E-state index in [1.807, 2.05) is 43.3 Å². The summed E-state index contributed by atoms with van der Waals surface area (Å²) < 4.78 is 6.17. The zero-order valence-electron chi connectivity index (χ0n) is 16.7. The molecule has 0 spiro atoms. The highest BCUT2D eigenvalue weighted by Gasteiger charge is 2.19. The van der Waals surface area contributed by atoms with Crippen LogP contribution in [0.1, 0.15) is 21.6 Å². The zero-order chi connectivity index (χ0) is 21.1. The van der Waals surface area contributed by atoms with Gasteiger partial charge in [0.05, 0.1) is 30.4 Å². The third-order valence-corrected chi connectivity index (χ3v) is 5.13. The summed E-state index contributed by atoms with van der Waals surface area (Å²) in [6.07, 6.45) is 0. The van der Waals surface area contributed by atoms with E-state index >= 15 is 0 Å². The Morgan fingerprint density at radius 2 is 1.90 bits per heavy atom. The highest BCUT2D eigenvalue weighted by atomic mass is 79.9. The van der Waals surface area contributed by atoms with Gasteiger partial charge in [0.15, 0.2) is 0 Å². The molecule has 0 saturated heterocycles. The number of hydrogen-bond donors (Lipinski definition) is 1. The zero-order valence-corrected chi connectivity index (χ0v) is 18.3. The molecule has 29 heavy (non-hydrogen) atoms. The summed E-state index contributed by atoms with van der Waals surface area (Å²) in [4.78, 5) is 31.2. The molecule has 6 nitrogen and oxygen atoms in total. The number of halogens is 1. The number of nitrogens with one attached hydrogen (secondary N) is 1. The van der Waals surface area contributed by atoms with E-state index in [1.54, 1.807) is 27.1 Å². The molecule has 2 aromatic carbocycles. The first-order valence-corrected chi connectivity index (χ1v) is 9.84.